The number of carboxylic acids is 1. The normalized spacial score (nSPS) is 21.0. The van der Waals surface area contributed by atoms with Gasteiger partial charge in [-0.15, -0.1) is 0 Å². The Balaban J connectivity index is 1.45. The topological polar surface area (TPSA) is 227 Å². The van der Waals surface area contributed by atoms with E-state index in [1.54, 1.807) is 56.3 Å². The number of aromatic hydroxyl groups is 1. The Hall–Kier alpha value is -5.28. The average molecular weight is 761 g/mol. The smallest absolute Gasteiger partial charge is 0.336 e. The molecule has 14 nitrogen and oxygen atoms in total. The molecule has 1 heterocycles. The van der Waals surface area contributed by atoms with E-state index in [9.17, 15) is 44.7 Å². The van der Waals surface area contributed by atoms with Crippen molar-refractivity contribution >= 4 is 35.5 Å². The number of aliphatic hydroxyl groups excluding tert-OH is 3. The van der Waals surface area contributed by atoms with Crippen molar-refractivity contribution in [3.63, 3.8) is 0 Å². The molecule has 1 aliphatic rings. The molecule has 3 amide bonds. The zero-order chi connectivity index (χ0) is 40.7. The summed E-state index contributed by atoms with van der Waals surface area (Å²) in [6.45, 7) is 10.3. The van der Waals surface area contributed by atoms with E-state index in [1.807, 2.05) is 39.0 Å². The first kappa shape index (κ1) is 42.5. The second-order valence-corrected chi connectivity index (χ2v) is 15.1. The highest BCUT2D eigenvalue weighted by Gasteiger charge is 2.54. The highest BCUT2D eigenvalue weighted by Crippen LogP contribution is 2.35. The van der Waals surface area contributed by atoms with E-state index in [2.05, 4.69) is 21.3 Å². The van der Waals surface area contributed by atoms with E-state index >= 15 is 0 Å². The van der Waals surface area contributed by atoms with Crippen molar-refractivity contribution in [2.75, 3.05) is 11.9 Å². The Morgan fingerprint density at radius 3 is 2.24 bits per heavy atom. The molecule has 3 aromatic rings. The van der Waals surface area contributed by atoms with Gasteiger partial charge < -0.3 is 51.5 Å². The summed E-state index contributed by atoms with van der Waals surface area (Å²) in [6, 6.07) is 16.1. The van der Waals surface area contributed by atoms with Crippen molar-refractivity contribution in [2.24, 2.45) is 0 Å². The third kappa shape index (κ3) is 11.4. The summed E-state index contributed by atoms with van der Waals surface area (Å²) in [5.41, 5.74) is 1.70. The van der Waals surface area contributed by atoms with E-state index in [-0.39, 0.29) is 35.7 Å². The van der Waals surface area contributed by atoms with Crippen LogP contribution >= 0.6 is 0 Å². The quantitative estimate of drug-likeness (QED) is 0.116. The maximum atomic E-state index is 12.9. The molecule has 0 bridgehead atoms. The average Bonchev–Trinajstić information content (AvgIpc) is 3.11. The van der Waals surface area contributed by atoms with Gasteiger partial charge in [-0.05, 0) is 93.3 Å². The number of carbonyl (C=O) groups excluding carboxylic acids is 3. The van der Waals surface area contributed by atoms with Crippen LogP contribution in [0, 0.1) is 13.8 Å². The van der Waals surface area contributed by atoms with Gasteiger partial charge in [0, 0.05) is 55.2 Å². The highest BCUT2D eigenvalue weighted by molar-refractivity contribution is 5.95. The fraction of sp³-hybridized carbons (Fsp3) is 0.415. The summed E-state index contributed by atoms with van der Waals surface area (Å²) in [7, 11) is 0. The lowest BCUT2D eigenvalue weighted by molar-refractivity contribution is -0.226. The fourth-order valence-electron chi connectivity index (χ4n) is 6.49. The molecule has 0 radical (unpaired) electrons. The SMILES string of the molecule is CC(=O)N[C@H]1[C@H]([C@H](O)[C@H](O)CNC(=O)c2cc(C)c(O)c(C)c2)O[C@@](C/C=C/c2cccc(CNC(=O)c3cccc(NC(C)(C)C)c3)c2)(C(=O)O)C[C@@H]1O. The summed E-state index contributed by atoms with van der Waals surface area (Å²) in [5, 5.41) is 65.0. The lowest BCUT2D eigenvalue weighted by atomic mass is 9.81. The second kappa shape index (κ2) is 17.9. The molecule has 296 valence electrons. The van der Waals surface area contributed by atoms with Gasteiger partial charge in [-0.3, -0.25) is 14.4 Å². The minimum atomic E-state index is -2.07. The number of aryl methyl sites for hydroxylation is 2. The Bertz CT molecular complexity index is 1880. The number of hydrogen-bond donors (Lipinski definition) is 9. The Morgan fingerprint density at radius 2 is 1.60 bits per heavy atom. The van der Waals surface area contributed by atoms with Crippen LogP contribution in [0.25, 0.3) is 6.08 Å². The molecule has 0 unspecified atom stereocenters. The van der Waals surface area contributed by atoms with Gasteiger partial charge in [0.15, 0.2) is 5.60 Å². The maximum Gasteiger partial charge on any atom is 0.336 e. The Kier molecular flexibility index (Phi) is 13.8. The van der Waals surface area contributed by atoms with Crippen LogP contribution in [0.15, 0.2) is 66.7 Å². The van der Waals surface area contributed by atoms with Crippen LogP contribution < -0.4 is 21.3 Å². The monoisotopic (exact) mass is 760 g/mol. The first-order valence-corrected chi connectivity index (χ1v) is 18.0. The van der Waals surface area contributed by atoms with Crippen molar-refractivity contribution in [2.45, 2.75) is 103 Å². The number of amides is 3. The third-order valence-corrected chi connectivity index (χ3v) is 9.19. The molecule has 14 heteroatoms. The minimum Gasteiger partial charge on any atom is -0.507 e. The number of carboxylic acid groups (broad SMARTS) is 1. The summed E-state index contributed by atoms with van der Waals surface area (Å²) in [5.74, 6) is -2.83. The fourth-order valence-corrected chi connectivity index (χ4v) is 6.49. The van der Waals surface area contributed by atoms with E-state index in [1.165, 1.54) is 19.1 Å². The van der Waals surface area contributed by atoms with Gasteiger partial charge in [-0.25, -0.2) is 4.79 Å². The van der Waals surface area contributed by atoms with Gasteiger partial charge in [0.25, 0.3) is 11.8 Å². The molecule has 9 N–H and O–H groups in total. The van der Waals surface area contributed by atoms with Gasteiger partial charge >= 0.3 is 5.97 Å². The number of anilines is 1. The number of hydrogen-bond acceptors (Lipinski definition) is 10. The van der Waals surface area contributed by atoms with Crippen LogP contribution in [0.2, 0.25) is 0 Å². The predicted molar refractivity (Wildman–Crippen MR) is 206 cm³/mol. The van der Waals surface area contributed by atoms with Gasteiger partial charge in [-0.2, -0.15) is 0 Å². The number of phenols is 1. The van der Waals surface area contributed by atoms with Crippen LogP contribution in [-0.4, -0.2) is 97.4 Å². The summed E-state index contributed by atoms with van der Waals surface area (Å²) in [4.78, 5) is 50.6. The summed E-state index contributed by atoms with van der Waals surface area (Å²) in [6.07, 6.45) is -4.16. The van der Waals surface area contributed by atoms with Crippen LogP contribution in [0.3, 0.4) is 0 Å². The molecule has 3 aromatic carbocycles. The number of carbonyl (C=O) groups is 4. The molecular formula is C41H52N4O10. The standard InChI is InChI=1S/C41H52N4O10/c1-23-16-29(17-24(2)34(23)49)38(52)43-22-32(48)35(50)36-33(44-25(3)46)31(47)20-41(55-36,39(53)54)15-9-12-26-10-7-11-27(18-26)21-42-37(51)28-13-8-14-30(19-28)45-40(4,5)6/h7-14,16-19,31-33,35-36,45,47-50H,15,20-22H2,1-6H3,(H,42,51)(H,43,52)(H,44,46)(H,53,54)/b12-9+/t31-,32+,33+,35+,36+,41+/m0/s1. The van der Waals surface area contributed by atoms with Crippen molar-refractivity contribution in [1.29, 1.82) is 0 Å². The summed E-state index contributed by atoms with van der Waals surface area (Å²) < 4.78 is 6.01. The lowest BCUT2D eigenvalue weighted by Gasteiger charge is -2.47. The Labute approximate surface area is 320 Å². The molecule has 0 saturated carbocycles. The largest absolute Gasteiger partial charge is 0.507 e. The number of benzene rings is 3. The second-order valence-electron chi connectivity index (χ2n) is 15.1. The van der Waals surface area contributed by atoms with Crippen LogP contribution in [0.1, 0.15) is 83.5 Å². The lowest BCUT2D eigenvalue weighted by Crippen LogP contribution is -2.67. The van der Waals surface area contributed by atoms with Gasteiger partial charge in [0.2, 0.25) is 5.91 Å². The molecule has 4 rings (SSSR count). The molecular weight excluding hydrogens is 708 g/mol. The van der Waals surface area contributed by atoms with E-state index in [0.717, 1.165) is 11.3 Å². The minimum absolute atomic E-state index is 0.0437. The number of rotatable bonds is 14. The van der Waals surface area contributed by atoms with Crippen molar-refractivity contribution in [3.8, 4) is 5.75 Å². The van der Waals surface area contributed by atoms with E-state index < -0.39 is 66.8 Å². The molecule has 0 aliphatic carbocycles. The number of phenolic OH excluding ortho intramolecular Hbond substituents is 1. The highest BCUT2D eigenvalue weighted by atomic mass is 16.6. The van der Waals surface area contributed by atoms with Gasteiger partial charge in [0.05, 0.1) is 18.2 Å². The van der Waals surface area contributed by atoms with Gasteiger partial charge in [0.1, 0.15) is 18.0 Å². The molecule has 0 aromatic heterocycles. The molecule has 55 heavy (non-hydrogen) atoms. The predicted octanol–water partition coefficient (Wildman–Crippen LogP) is 3.18. The number of nitrogens with one attached hydrogen (secondary N) is 4. The first-order chi connectivity index (χ1) is 25.8. The maximum absolute atomic E-state index is 12.9. The number of aliphatic carboxylic acids is 1. The molecule has 1 aliphatic heterocycles. The van der Waals surface area contributed by atoms with Crippen LogP contribution in [0.5, 0.6) is 5.75 Å². The molecule has 6 atom stereocenters. The molecule has 0 spiro atoms. The van der Waals surface area contributed by atoms with E-state index in [0.29, 0.717) is 22.3 Å². The van der Waals surface area contributed by atoms with Crippen LogP contribution in [-0.2, 0) is 20.9 Å². The van der Waals surface area contributed by atoms with Crippen molar-refractivity contribution < 1.29 is 49.4 Å². The molecule has 1 fully saturated rings. The third-order valence-electron chi connectivity index (χ3n) is 9.19. The van der Waals surface area contributed by atoms with Crippen LogP contribution in [0.4, 0.5) is 5.69 Å². The summed E-state index contributed by atoms with van der Waals surface area (Å²) >= 11 is 0. The first-order valence-electron chi connectivity index (χ1n) is 18.0. The van der Waals surface area contributed by atoms with E-state index in [4.69, 9.17) is 4.74 Å². The van der Waals surface area contributed by atoms with Crippen molar-refractivity contribution in [1.82, 2.24) is 16.0 Å². The zero-order valence-electron chi connectivity index (χ0n) is 31.9. The number of aliphatic hydroxyl groups is 3. The van der Waals surface area contributed by atoms with Crippen molar-refractivity contribution in [3.05, 3.63) is 100 Å². The Morgan fingerprint density at radius 1 is 0.945 bits per heavy atom. The molecule has 1 saturated heterocycles. The number of ether oxygens (including phenoxy) is 1. The van der Waals surface area contributed by atoms with Gasteiger partial charge in [-0.1, -0.05) is 36.4 Å². The zero-order valence-corrected chi connectivity index (χ0v) is 31.9.